The maximum Gasteiger partial charge on any atom is 0.309 e. The third-order valence-electron chi connectivity index (χ3n) is 5.69. The highest BCUT2D eigenvalue weighted by Crippen LogP contribution is 2.50. The van der Waals surface area contributed by atoms with Crippen LogP contribution in [-0.4, -0.2) is 23.3 Å². The van der Waals surface area contributed by atoms with E-state index in [1.165, 1.54) is 5.57 Å². The molecule has 2 heterocycles. The number of carbonyl (C=O) groups excluding carboxylic acids is 1. The molecule has 1 unspecified atom stereocenters. The van der Waals surface area contributed by atoms with Crippen LogP contribution >= 0.6 is 0 Å². The van der Waals surface area contributed by atoms with E-state index in [0.717, 1.165) is 38.5 Å². The summed E-state index contributed by atoms with van der Waals surface area (Å²) < 4.78 is 12.1. The van der Waals surface area contributed by atoms with Crippen molar-refractivity contribution in [2.24, 2.45) is 5.92 Å². The van der Waals surface area contributed by atoms with E-state index in [9.17, 15) is 4.79 Å². The zero-order valence-corrected chi connectivity index (χ0v) is 16.1. The number of carbonyl (C=O) groups is 1. The summed E-state index contributed by atoms with van der Waals surface area (Å²) in [7, 11) is 0. The zero-order valence-electron chi connectivity index (χ0n) is 16.1. The predicted octanol–water partition coefficient (Wildman–Crippen LogP) is 5.35. The first kappa shape index (κ1) is 19.2. The quantitative estimate of drug-likeness (QED) is 0.443. The first-order chi connectivity index (χ1) is 11.4. The summed E-state index contributed by atoms with van der Waals surface area (Å²) in [4.78, 5) is 11.7. The minimum Gasteiger partial charge on any atom is -0.456 e. The molecule has 0 amide bonds. The molecule has 3 heteroatoms. The summed E-state index contributed by atoms with van der Waals surface area (Å²) in [6, 6.07) is 0. The van der Waals surface area contributed by atoms with Crippen molar-refractivity contribution in [2.75, 3.05) is 0 Å². The summed E-state index contributed by atoms with van der Waals surface area (Å²) in [5.41, 5.74) is 0.691. The van der Waals surface area contributed by atoms with Crippen LogP contribution in [0.2, 0.25) is 0 Å². The molecule has 136 valence electrons. The number of hydrogen-bond donors (Lipinski definition) is 0. The van der Waals surface area contributed by atoms with Gasteiger partial charge in [0.2, 0.25) is 0 Å². The van der Waals surface area contributed by atoms with E-state index >= 15 is 0 Å². The van der Waals surface area contributed by atoms with Crippen molar-refractivity contribution in [1.82, 2.24) is 0 Å². The SMILES string of the molecule is CC/C=C/C(CC)C/C(C)=C/[C@]1(CC)C[C@@]2(CC)OC(=O)C[C@H]2O1. The van der Waals surface area contributed by atoms with Gasteiger partial charge < -0.3 is 9.47 Å². The van der Waals surface area contributed by atoms with Crippen LogP contribution in [0.25, 0.3) is 0 Å². The fourth-order valence-electron chi connectivity index (χ4n) is 4.22. The Morgan fingerprint density at radius 3 is 2.58 bits per heavy atom. The fourth-order valence-corrected chi connectivity index (χ4v) is 4.22. The van der Waals surface area contributed by atoms with Crippen LogP contribution in [-0.2, 0) is 14.3 Å². The lowest BCUT2D eigenvalue weighted by Gasteiger charge is -2.28. The smallest absolute Gasteiger partial charge is 0.309 e. The van der Waals surface area contributed by atoms with E-state index in [-0.39, 0.29) is 17.7 Å². The normalized spacial score (nSPS) is 34.6. The molecule has 2 aliphatic rings. The van der Waals surface area contributed by atoms with Crippen LogP contribution < -0.4 is 0 Å². The van der Waals surface area contributed by atoms with Crippen LogP contribution in [0.3, 0.4) is 0 Å². The van der Waals surface area contributed by atoms with E-state index in [0.29, 0.717) is 12.3 Å². The molecule has 0 aliphatic carbocycles. The van der Waals surface area contributed by atoms with Gasteiger partial charge in [-0.05, 0) is 44.9 Å². The Balaban J connectivity index is 2.14. The molecule has 0 spiro atoms. The summed E-state index contributed by atoms with van der Waals surface area (Å²) >= 11 is 0. The Hall–Kier alpha value is -1.09. The molecule has 0 aromatic carbocycles. The number of rotatable bonds is 8. The Labute approximate surface area is 147 Å². The highest BCUT2D eigenvalue weighted by Gasteiger charge is 2.60. The largest absolute Gasteiger partial charge is 0.456 e. The van der Waals surface area contributed by atoms with Gasteiger partial charge >= 0.3 is 5.97 Å². The molecule has 2 aliphatic heterocycles. The van der Waals surface area contributed by atoms with E-state index in [2.05, 4.69) is 52.8 Å². The van der Waals surface area contributed by atoms with Crippen LogP contribution in [0.15, 0.2) is 23.8 Å². The molecular formula is C21H34O3. The standard InChI is InChI=1S/C21H34O3/c1-6-10-11-17(7-2)12-16(5)14-20(8-3)15-21(9-4)18(23-20)13-19(22)24-21/h10-11,14,17-18H,6-9,12-13,15H2,1-5H3/b11-10+,16-14+/t17?,18-,20-,21-/m1/s1. The molecule has 0 bridgehead atoms. The molecule has 2 rings (SSSR count). The Morgan fingerprint density at radius 2 is 2.04 bits per heavy atom. The van der Waals surface area contributed by atoms with Crippen LogP contribution in [0.4, 0.5) is 0 Å². The Bertz CT molecular complexity index is 507. The number of ether oxygens (including phenoxy) is 2. The average molecular weight is 335 g/mol. The zero-order chi connectivity index (χ0) is 17.8. The highest BCUT2D eigenvalue weighted by molar-refractivity contribution is 5.73. The lowest BCUT2D eigenvalue weighted by molar-refractivity contribution is -0.149. The van der Waals surface area contributed by atoms with Gasteiger partial charge in [-0.15, -0.1) is 0 Å². The monoisotopic (exact) mass is 334 g/mol. The second kappa shape index (κ2) is 7.86. The van der Waals surface area contributed by atoms with Crippen LogP contribution in [0.5, 0.6) is 0 Å². The Kier molecular flexibility index (Phi) is 6.30. The maximum atomic E-state index is 11.7. The fraction of sp³-hybridized carbons (Fsp3) is 0.762. The first-order valence-electron chi connectivity index (χ1n) is 9.67. The minimum absolute atomic E-state index is 0.0824. The molecule has 3 nitrogen and oxygen atoms in total. The second-order valence-corrected chi connectivity index (χ2v) is 7.50. The van der Waals surface area contributed by atoms with Gasteiger partial charge in [0.25, 0.3) is 0 Å². The van der Waals surface area contributed by atoms with E-state index < -0.39 is 5.60 Å². The molecule has 4 atom stereocenters. The molecule has 2 saturated heterocycles. The number of fused-ring (bicyclic) bond motifs is 1. The van der Waals surface area contributed by atoms with Crippen LogP contribution in [0, 0.1) is 5.92 Å². The number of allylic oxidation sites excluding steroid dienone is 3. The minimum atomic E-state index is -0.407. The van der Waals surface area contributed by atoms with Crippen molar-refractivity contribution in [3.63, 3.8) is 0 Å². The molecule has 0 radical (unpaired) electrons. The third kappa shape index (κ3) is 3.93. The molecule has 0 aromatic rings. The summed E-state index contributed by atoms with van der Waals surface area (Å²) in [5.74, 6) is 0.483. The van der Waals surface area contributed by atoms with E-state index in [1.807, 2.05) is 0 Å². The second-order valence-electron chi connectivity index (χ2n) is 7.50. The van der Waals surface area contributed by atoms with Gasteiger partial charge in [0.1, 0.15) is 11.7 Å². The van der Waals surface area contributed by atoms with Gasteiger partial charge in [0, 0.05) is 6.42 Å². The molecule has 0 aromatic heterocycles. The Morgan fingerprint density at radius 1 is 1.29 bits per heavy atom. The molecule has 24 heavy (non-hydrogen) atoms. The van der Waals surface area contributed by atoms with Crippen molar-refractivity contribution in [3.8, 4) is 0 Å². The van der Waals surface area contributed by atoms with Gasteiger partial charge in [0.05, 0.1) is 12.0 Å². The van der Waals surface area contributed by atoms with Crippen molar-refractivity contribution in [2.45, 2.75) is 96.9 Å². The average Bonchev–Trinajstić information content (AvgIpc) is 3.01. The van der Waals surface area contributed by atoms with Crippen LogP contribution in [0.1, 0.15) is 79.6 Å². The highest BCUT2D eigenvalue weighted by atomic mass is 16.6. The lowest BCUT2D eigenvalue weighted by Crippen LogP contribution is -2.35. The van der Waals surface area contributed by atoms with Crippen molar-refractivity contribution >= 4 is 5.97 Å². The lowest BCUT2D eigenvalue weighted by atomic mass is 9.83. The molecule has 0 N–H and O–H groups in total. The maximum absolute atomic E-state index is 11.7. The summed E-state index contributed by atoms with van der Waals surface area (Å²) in [6.07, 6.45) is 13.1. The molecule has 2 fully saturated rings. The van der Waals surface area contributed by atoms with Crippen molar-refractivity contribution in [1.29, 1.82) is 0 Å². The molecule has 0 saturated carbocycles. The topological polar surface area (TPSA) is 35.5 Å². The van der Waals surface area contributed by atoms with Crippen molar-refractivity contribution < 1.29 is 14.3 Å². The van der Waals surface area contributed by atoms with Crippen molar-refractivity contribution in [3.05, 3.63) is 23.8 Å². The number of esters is 1. The molecular weight excluding hydrogens is 300 g/mol. The van der Waals surface area contributed by atoms with E-state index in [4.69, 9.17) is 9.47 Å². The van der Waals surface area contributed by atoms with Gasteiger partial charge in [-0.3, -0.25) is 4.79 Å². The summed E-state index contributed by atoms with van der Waals surface area (Å²) in [6.45, 7) is 10.9. The van der Waals surface area contributed by atoms with Gasteiger partial charge in [-0.2, -0.15) is 0 Å². The van der Waals surface area contributed by atoms with Gasteiger partial charge in [-0.1, -0.05) is 51.5 Å². The van der Waals surface area contributed by atoms with E-state index in [1.54, 1.807) is 0 Å². The number of hydrogen-bond acceptors (Lipinski definition) is 3. The predicted molar refractivity (Wildman–Crippen MR) is 97.8 cm³/mol. The third-order valence-corrected chi connectivity index (χ3v) is 5.69. The first-order valence-corrected chi connectivity index (χ1v) is 9.67. The van der Waals surface area contributed by atoms with Gasteiger partial charge in [0.15, 0.2) is 0 Å². The van der Waals surface area contributed by atoms with Gasteiger partial charge in [-0.25, -0.2) is 0 Å². The summed E-state index contributed by atoms with van der Waals surface area (Å²) in [5, 5.41) is 0.